The number of rotatable bonds is 5. The van der Waals surface area contributed by atoms with Crippen LogP contribution in [0, 0.1) is 11.6 Å². The minimum absolute atomic E-state index is 0.0652. The predicted molar refractivity (Wildman–Crippen MR) is 113 cm³/mol. The average molecular weight is 408 g/mol. The molecule has 0 radical (unpaired) electrons. The first-order chi connectivity index (χ1) is 14.4. The van der Waals surface area contributed by atoms with E-state index in [0.29, 0.717) is 13.0 Å². The fraction of sp³-hybridized carbons (Fsp3) is 0.208. The Hall–Kier alpha value is -3.41. The summed E-state index contributed by atoms with van der Waals surface area (Å²) in [5.74, 6) is -2.61. The Labute approximate surface area is 173 Å². The molecule has 2 heterocycles. The van der Waals surface area contributed by atoms with E-state index in [1.807, 2.05) is 36.1 Å². The zero-order chi connectivity index (χ0) is 21.4. The number of hydrogen-bond donors (Lipinski definition) is 2. The molecule has 0 saturated heterocycles. The van der Waals surface area contributed by atoms with Crippen molar-refractivity contribution in [2.45, 2.75) is 25.8 Å². The van der Waals surface area contributed by atoms with Gasteiger partial charge in [-0.3, -0.25) is 0 Å². The van der Waals surface area contributed by atoms with Crippen molar-refractivity contribution in [1.82, 2.24) is 9.88 Å². The molecule has 6 heteroatoms. The number of aromatic amines is 1. The molecule has 0 spiro atoms. The van der Waals surface area contributed by atoms with Crippen molar-refractivity contribution in [3.8, 4) is 0 Å². The fourth-order valence-electron chi connectivity index (χ4n) is 4.21. The van der Waals surface area contributed by atoms with Crippen LogP contribution in [0.1, 0.15) is 41.8 Å². The van der Waals surface area contributed by atoms with Crippen LogP contribution in [0.3, 0.4) is 0 Å². The minimum Gasteiger partial charge on any atom is -0.478 e. The van der Waals surface area contributed by atoms with E-state index in [0.717, 1.165) is 40.4 Å². The molecular weight excluding hydrogens is 386 g/mol. The monoisotopic (exact) mass is 408 g/mol. The number of halogens is 2. The summed E-state index contributed by atoms with van der Waals surface area (Å²) in [5.41, 5.74) is 3.65. The molecule has 2 N–H and O–H groups in total. The predicted octanol–water partition coefficient (Wildman–Crippen LogP) is 5.42. The van der Waals surface area contributed by atoms with Gasteiger partial charge in [0.05, 0.1) is 5.56 Å². The number of allylic oxidation sites excluding steroid dienone is 1. The van der Waals surface area contributed by atoms with Crippen LogP contribution in [-0.2, 0) is 11.2 Å². The van der Waals surface area contributed by atoms with Crippen LogP contribution in [-0.4, -0.2) is 27.5 Å². The normalized spacial score (nSPS) is 16.2. The number of carboxylic acid groups (broad SMARTS) is 1. The summed E-state index contributed by atoms with van der Waals surface area (Å²) in [7, 11) is 0. The minimum atomic E-state index is -1.18. The van der Waals surface area contributed by atoms with E-state index in [1.165, 1.54) is 18.2 Å². The van der Waals surface area contributed by atoms with Crippen LogP contribution >= 0.6 is 0 Å². The lowest BCUT2D eigenvalue weighted by atomic mass is 9.90. The molecule has 0 saturated carbocycles. The van der Waals surface area contributed by atoms with Crippen molar-refractivity contribution < 1.29 is 18.7 Å². The highest BCUT2D eigenvalue weighted by atomic mass is 19.1. The second-order valence-corrected chi connectivity index (χ2v) is 7.40. The first kappa shape index (κ1) is 19.9. The number of aromatic nitrogens is 1. The molecule has 1 aliphatic heterocycles. The average Bonchev–Trinajstić information content (AvgIpc) is 3.10. The largest absolute Gasteiger partial charge is 0.478 e. The number of aliphatic carboxylic acids is 1. The second kappa shape index (κ2) is 7.78. The number of benzene rings is 2. The van der Waals surface area contributed by atoms with Gasteiger partial charge in [0, 0.05) is 34.9 Å². The Kier molecular flexibility index (Phi) is 5.16. The van der Waals surface area contributed by atoms with Gasteiger partial charge in [0.2, 0.25) is 0 Å². The summed E-state index contributed by atoms with van der Waals surface area (Å²) in [6.45, 7) is 6.68. The molecule has 4 nitrogen and oxygen atoms in total. The molecule has 0 amide bonds. The van der Waals surface area contributed by atoms with Gasteiger partial charge in [-0.25, -0.2) is 13.6 Å². The summed E-state index contributed by atoms with van der Waals surface area (Å²) in [4.78, 5) is 16.1. The van der Waals surface area contributed by atoms with Gasteiger partial charge in [0.1, 0.15) is 17.7 Å². The molecule has 0 fully saturated rings. The smallest absolute Gasteiger partial charge is 0.328 e. The van der Waals surface area contributed by atoms with Gasteiger partial charge in [0.15, 0.2) is 0 Å². The number of carboxylic acids is 1. The molecule has 1 atom stereocenters. The van der Waals surface area contributed by atoms with Crippen molar-refractivity contribution >= 4 is 22.9 Å². The molecule has 154 valence electrons. The number of nitrogens with one attached hydrogen (secondary N) is 1. The third-order valence-corrected chi connectivity index (χ3v) is 5.64. The molecule has 1 aromatic heterocycles. The Bertz CT molecular complexity index is 1160. The molecule has 30 heavy (non-hydrogen) atoms. The Balaban J connectivity index is 1.90. The van der Waals surface area contributed by atoms with Gasteiger partial charge in [0.25, 0.3) is 0 Å². The van der Waals surface area contributed by atoms with Crippen LogP contribution < -0.4 is 0 Å². The molecule has 1 aliphatic rings. The van der Waals surface area contributed by atoms with Gasteiger partial charge in [-0.1, -0.05) is 31.7 Å². The summed E-state index contributed by atoms with van der Waals surface area (Å²) in [6, 6.07) is 9.50. The maximum atomic E-state index is 15.2. The van der Waals surface area contributed by atoms with Crippen LogP contribution in [0.25, 0.3) is 17.0 Å². The molecule has 4 rings (SSSR count). The number of H-pyrrole nitrogens is 1. The lowest BCUT2D eigenvalue weighted by molar-refractivity contribution is -0.131. The quantitative estimate of drug-likeness (QED) is 0.555. The van der Waals surface area contributed by atoms with E-state index in [1.54, 1.807) is 0 Å². The molecule has 2 aromatic carbocycles. The van der Waals surface area contributed by atoms with Crippen LogP contribution in [0.4, 0.5) is 8.78 Å². The number of para-hydroxylation sites is 1. The maximum absolute atomic E-state index is 15.2. The standard InChI is InChI=1S/C24H22F2N2O2/c1-3-14(2)28-11-10-17-16-6-4-5-7-20(16)27-23(17)24(28)22-18(25)12-15(13-19(22)26)8-9-21(29)30/h4-9,12-13,24,27H,2-3,10-11H2,1H3,(H,29,30)/b9-8+/t24-/m1/s1. The molecule has 0 bridgehead atoms. The van der Waals surface area contributed by atoms with Crippen molar-refractivity contribution in [2.75, 3.05) is 6.54 Å². The van der Waals surface area contributed by atoms with Gasteiger partial charge in [-0.05, 0) is 48.2 Å². The van der Waals surface area contributed by atoms with Gasteiger partial charge >= 0.3 is 5.97 Å². The summed E-state index contributed by atoms with van der Waals surface area (Å²) in [5, 5.41) is 9.83. The van der Waals surface area contributed by atoms with E-state index >= 15 is 8.78 Å². The zero-order valence-electron chi connectivity index (χ0n) is 16.6. The number of fused-ring (bicyclic) bond motifs is 3. The van der Waals surface area contributed by atoms with E-state index in [-0.39, 0.29) is 11.1 Å². The van der Waals surface area contributed by atoms with E-state index < -0.39 is 23.6 Å². The molecule has 0 aliphatic carbocycles. The third kappa shape index (κ3) is 3.38. The van der Waals surface area contributed by atoms with Crippen molar-refractivity contribution in [3.05, 3.63) is 88.8 Å². The highest BCUT2D eigenvalue weighted by Gasteiger charge is 2.35. The first-order valence-electron chi connectivity index (χ1n) is 9.84. The van der Waals surface area contributed by atoms with Crippen LogP contribution in [0.15, 0.2) is 54.8 Å². The molecule has 3 aromatic rings. The van der Waals surface area contributed by atoms with Crippen molar-refractivity contribution in [1.29, 1.82) is 0 Å². The van der Waals surface area contributed by atoms with Gasteiger partial charge in [-0.2, -0.15) is 0 Å². The summed E-state index contributed by atoms with van der Waals surface area (Å²) < 4.78 is 30.4. The first-order valence-corrected chi connectivity index (χ1v) is 9.84. The summed E-state index contributed by atoms with van der Waals surface area (Å²) in [6.07, 6.45) is 3.44. The van der Waals surface area contributed by atoms with Crippen LogP contribution in [0.5, 0.6) is 0 Å². The topological polar surface area (TPSA) is 56.3 Å². The van der Waals surface area contributed by atoms with E-state index in [4.69, 9.17) is 5.11 Å². The lowest BCUT2D eigenvalue weighted by Gasteiger charge is -2.39. The van der Waals surface area contributed by atoms with Gasteiger partial charge in [-0.15, -0.1) is 0 Å². The fourth-order valence-corrected chi connectivity index (χ4v) is 4.21. The highest BCUT2D eigenvalue weighted by Crippen LogP contribution is 2.42. The van der Waals surface area contributed by atoms with E-state index in [2.05, 4.69) is 11.6 Å². The van der Waals surface area contributed by atoms with E-state index in [9.17, 15) is 4.79 Å². The van der Waals surface area contributed by atoms with Gasteiger partial charge < -0.3 is 15.0 Å². The molecular formula is C24H22F2N2O2. The molecule has 0 unspecified atom stereocenters. The van der Waals surface area contributed by atoms with Crippen molar-refractivity contribution in [2.24, 2.45) is 0 Å². The second-order valence-electron chi connectivity index (χ2n) is 7.40. The van der Waals surface area contributed by atoms with Crippen LogP contribution in [0.2, 0.25) is 0 Å². The van der Waals surface area contributed by atoms with Crippen molar-refractivity contribution in [3.63, 3.8) is 0 Å². The Morgan fingerprint density at radius 1 is 1.30 bits per heavy atom. The maximum Gasteiger partial charge on any atom is 0.328 e. The zero-order valence-corrected chi connectivity index (χ0v) is 16.6. The summed E-state index contributed by atoms with van der Waals surface area (Å²) >= 11 is 0. The SMILES string of the molecule is C=C(CC)N1CCc2c([nH]c3ccccc23)[C@H]1c1c(F)cc(/C=C/C(=O)O)cc1F. The third-order valence-electron chi connectivity index (χ3n) is 5.64. The number of nitrogens with zero attached hydrogens (tertiary/aromatic N) is 1. The Morgan fingerprint density at radius 3 is 2.67 bits per heavy atom. The number of hydrogen-bond acceptors (Lipinski definition) is 2. The highest BCUT2D eigenvalue weighted by molar-refractivity contribution is 5.86. The lowest BCUT2D eigenvalue weighted by Crippen LogP contribution is -2.36. The Morgan fingerprint density at radius 2 is 2.00 bits per heavy atom. The number of carbonyl (C=O) groups is 1.